The highest BCUT2D eigenvalue weighted by Crippen LogP contribution is 2.15. The topological polar surface area (TPSA) is 56.0 Å². The summed E-state index contributed by atoms with van der Waals surface area (Å²) in [4.78, 5) is 18.5. The number of hydrogen-bond acceptors (Lipinski definition) is 3. The highest BCUT2D eigenvalue weighted by molar-refractivity contribution is 5.76. The van der Waals surface area contributed by atoms with Gasteiger partial charge in [-0.25, -0.2) is 9.67 Å². The Balaban J connectivity index is 1.60. The Labute approximate surface area is 147 Å². The minimum absolute atomic E-state index is 0.0875. The van der Waals surface area contributed by atoms with Gasteiger partial charge in [-0.3, -0.25) is 4.79 Å². The zero-order valence-electron chi connectivity index (χ0n) is 14.8. The lowest BCUT2D eigenvalue weighted by Crippen LogP contribution is -2.28. The van der Waals surface area contributed by atoms with Crippen molar-refractivity contribution in [2.45, 2.75) is 32.9 Å². The number of carbonyl (C=O) groups is 1. The van der Waals surface area contributed by atoms with Crippen molar-refractivity contribution < 1.29 is 4.79 Å². The number of hydrogen-bond donors (Lipinski definition) is 0. The second kappa shape index (κ2) is 7.34. The molecule has 0 bridgehead atoms. The number of amides is 1. The van der Waals surface area contributed by atoms with Crippen molar-refractivity contribution in [2.24, 2.45) is 0 Å². The molecule has 0 saturated carbocycles. The summed E-state index contributed by atoms with van der Waals surface area (Å²) in [5.74, 6) is 1.03. The summed E-state index contributed by atoms with van der Waals surface area (Å²) in [5.41, 5.74) is 2.01. The minimum atomic E-state index is 0.0875. The lowest BCUT2D eigenvalue weighted by molar-refractivity contribution is -0.131. The number of imidazole rings is 1. The van der Waals surface area contributed by atoms with E-state index >= 15 is 0 Å². The van der Waals surface area contributed by atoms with Crippen LogP contribution in [-0.4, -0.2) is 37.2 Å². The molecule has 0 aliphatic carbocycles. The molecule has 1 aromatic carbocycles. The van der Waals surface area contributed by atoms with Gasteiger partial charge in [-0.2, -0.15) is 5.10 Å². The number of benzene rings is 1. The molecule has 0 fully saturated rings. The summed E-state index contributed by atoms with van der Waals surface area (Å²) in [6.07, 6.45) is 7.89. The monoisotopic (exact) mass is 337 g/mol. The zero-order chi connectivity index (χ0) is 17.8. The average Bonchev–Trinajstić information content (AvgIpc) is 3.24. The molecule has 6 heteroatoms. The summed E-state index contributed by atoms with van der Waals surface area (Å²) < 4.78 is 3.85. The number of aromatic nitrogens is 4. The predicted molar refractivity (Wildman–Crippen MR) is 96.3 cm³/mol. The molecule has 0 saturated heterocycles. The van der Waals surface area contributed by atoms with Crippen LogP contribution in [0.1, 0.15) is 30.8 Å². The van der Waals surface area contributed by atoms with Crippen molar-refractivity contribution in [2.75, 3.05) is 7.05 Å². The first-order valence-electron chi connectivity index (χ1n) is 8.37. The van der Waals surface area contributed by atoms with Crippen molar-refractivity contribution in [1.29, 1.82) is 0 Å². The Morgan fingerprint density at radius 3 is 2.72 bits per heavy atom. The van der Waals surface area contributed by atoms with Gasteiger partial charge < -0.3 is 9.47 Å². The lowest BCUT2D eigenvalue weighted by Gasteiger charge is -2.20. The quantitative estimate of drug-likeness (QED) is 0.695. The van der Waals surface area contributed by atoms with Crippen LogP contribution < -0.4 is 0 Å². The minimum Gasteiger partial charge on any atom is -0.341 e. The fraction of sp³-hybridized carbons (Fsp3) is 0.316. The van der Waals surface area contributed by atoms with Crippen molar-refractivity contribution in [1.82, 2.24) is 24.2 Å². The molecule has 2 aromatic heterocycles. The molecule has 2 heterocycles. The van der Waals surface area contributed by atoms with Gasteiger partial charge in [0.25, 0.3) is 0 Å². The smallest absolute Gasteiger partial charge is 0.224 e. The molecule has 0 aliphatic rings. The van der Waals surface area contributed by atoms with Crippen LogP contribution in [0, 0.1) is 6.92 Å². The first-order chi connectivity index (χ1) is 12.0. The van der Waals surface area contributed by atoms with Gasteiger partial charge in [-0.15, -0.1) is 0 Å². The SMILES string of the molecule is Cc1nccn1[C@@H](C)CC(=O)N(C)Cc1cnn(-c2ccccc2)c1. The molecular formula is C19H23N5O. The summed E-state index contributed by atoms with van der Waals surface area (Å²) in [6.45, 7) is 4.53. The molecule has 6 nitrogen and oxygen atoms in total. The van der Waals surface area contributed by atoms with Crippen LogP contribution >= 0.6 is 0 Å². The third-order valence-electron chi connectivity index (χ3n) is 4.31. The number of para-hydroxylation sites is 1. The molecular weight excluding hydrogens is 314 g/mol. The van der Waals surface area contributed by atoms with E-state index in [1.54, 1.807) is 17.3 Å². The molecule has 3 aromatic rings. The van der Waals surface area contributed by atoms with Crippen LogP contribution in [0.4, 0.5) is 0 Å². The van der Waals surface area contributed by atoms with E-state index in [0.29, 0.717) is 13.0 Å². The third-order valence-corrected chi connectivity index (χ3v) is 4.31. The second-order valence-corrected chi connectivity index (χ2v) is 6.31. The number of aryl methyl sites for hydroxylation is 1. The van der Waals surface area contributed by atoms with Gasteiger partial charge in [0.1, 0.15) is 5.82 Å². The van der Waals surface area contributed by atoms with Crippen LogP contribution in [-0.2, 0) is 11.3 Å². The van der Waals surface area contributed by atoms with Crippen molar-refractivity contribution in [3.05, 3.63) is 66.5 Å². The van der Waals surface area contributed by atoms with Gasteiger partial charge >= 0.3 is 0 Å². The number of rotatable bonds is 6. The molecule has 25 heavy (non-hydrogen) atoms. The van der Waals surface area contributed by atoms with E-state index in [-0.39, 0.29) is 11.9 Å². The van der Waals surface area contributed by atoms with Gasteiger partial charge in [-0.1, -0.05) is 18.2 Å². The fourth-order valence-electron chi connectivity index (χ4n) is 2.89. The van der Waals surface area contributed by atoms with Gasteiger partial charge in [0.15, 0.2) is 0 Å². The summed E-state index contributed by atoms with van der Waals surface area (Å²) in [6, 6.07) is 10.0. The normalized spacial score (nSPS) is 12.1. The standard InChI is InChI=1S/C19H23N5O/c1-15(23-10-9-20-16(23)2)11-19(25)22(3)13-17-12-21-24(14-17)18-7-5-4-6-8-18/h4-10,12,14-15H,11,13H2,1-3H3/t15-/m0/s1. The Morgan fingerprint density at radius 2 is 2.04 bits per heavy atom. The predicted octanol–water partition coefficient (Wildman–Crippen LogP) is 2.99. The molecule has 1 atom stereocenters. The molecule has 0 N–H and O–H groups in total. The maximum absolute atomic E-state index is 12.5. The maximum atomic E-state index is 12.5. The average molecular weight is 337 g/mol. The van der Waals surface area contributed by atoms with Gasteiger partial charge in [0.05, 0.1) is 11.9 Å². The molecule has 0 spiro atoms. The molecule has 1 amide bonds. The Hall–Kier alpha value is -2.89. The van der Waals surface area contributed by atoms with E-state index in [1.165, 1.54) is 0 Å². The maximum Gasteiger partial charge on any atom is 0.224 e. The van der Waals surface area contributed by atoms with Crippen molar-refractivity contribution in [3.8, 4) is 5.69 Å². The van der Waals surface area contributed by atoms with Crippen LogP contribution in [0.5, 0.6) is 0 Å². The van der Waals surface area contributed by atoms with Crippen LogP contribution in [0.2, 0.25) is 0 Å². The number of nitrogens with zero attached hydrogens (tertiary/aromatic N) is 5. The highest BCUT2D eigenvalue weighted by Gasteiger charge is 2.16. The number of carbonyl (C=O) groups excluding carboxylic acids is 1. The molecule has 0 unspecified atom stereocenters. The Kier molecular flexibility index (Phi) is 4.97. The molecule has 0 radical (unpaired) electrons. The highest BCUT2D eigenvalue weighted by atomic mass is 16.2. The van der Waals surface area contributed by atoms with E-state index in [4.69, 9.17) is 0 Å². The van der Waals surface area contributed by atoms with E-state index < -0.39 is 0 Å². The van der Waals surface area contributed by atoms with Crippen molar-refractivity contribution in [3.63, 3.8) is 0 Å². The largest absolute Gasteiger partial charge is 0.341 e. The van der Waals surface area contributed by atoms with E-state index in [1.807, 2.05) is 72.9 Å². The molecule has 130 valence electrons. The summed E-state index contributed by atoms with van der Waals surface area (Å²) >= 11 is 0. The van der Waals surface area contributed by atoms with Gasteiger partial charge in [0.2, 0.25) is 5.91 Å². The van der Waals surface area contributed by atoms with E-state index in [9.17, 15) is 4.79 Å². The van der Waals surface area contributed by atoms with E-state index in [0.717, 1.165) is 17.1 Å². The van der Waals surface area contributed by atoms with Crippen LogP contribution in [0.25, 0.3) is 5.69 Å². The second-order valence-electron chi connectivity index (χ2n) is 6.31. The van der Waals surface area contributed by atoms with Crippen LogP contribution in [0.3, 0.4) is 0 Å². The van der Waals surface area contributed by atoms with Crippen molar-refractivity contribution >= 4 is 5.91 Å². The summed E-state index contributed by atoms with van der Waals surface area (Å²) in [7, 11) is 1.83. The Morgan fingerprint density at radius 1 is 1.28 bits per heavy atom. The fourth-order valence-corrected chi connectivity index (χ4v) is 2.89. The van der Waals surface area contributed by atoms with Gasteiger partial charge in [0, 0.05) is 50.2 Å². The van der Waals surface area contributed by atoms with Gasteiger partial charge in [-0.05, 0) is 26.0 Å². The zero-order valence-corrected chi connectivity index (χ0v) is 14.8. The van der Waals surface area contributed by atoms with Crippen LogP contribution in [0.15, 0.2) is 55.1 Å². The summed E-state index contributed by atoms with van der Waals surface area (Å²) in [5, 5.41) is 4.38. The molecule has 0 aliphatic heterocycles. The molecule has 3 rings (SSSR count). The third kappa shape index (κ3) is 3.96. The first-order valence-corrected chi connectivity index (χ1v) is 8.37. The first kappa shape index (κ1) is 17.0. The Bertz CT molecular complexity index is 836. The van der Waals surface area contributed by atoms with E-state index in [2.05, 4.69) is 10.1 Å². The lowest BCUT2D eigenvalue weighted by atomic mass is 10.2.